The molecule has 0 saturated heterocycles. The fraction of sp³-hybridized carbons (Fsp3) is 0.500. The van der Waals surface area contributed by atoms with Crippen LogP contribution in [0.4, 0.5) is 11.4 Å². The first-order valence-corrected chi connectivity index (χ1v) is 6.55. The van der Waals surface area contributed by atoms with Gasteiger partial charge in [-0.3, -0.25) is 4.79 Å². The molecular formula is C14H21N3O2. The number of ether oxygens (including phenoxy) is 1. The minimum atomic E-state index is -0.107. The standard InChI is InChI=1S/C14H21N3O2/c1-16-14(18)9-3-6-12(15)13(7-9)17-10-4-5-11(8-10)19-2/h3,6-7,10-11,17H,4-5,8,15H2,1-2H3,(H,16,18). The molecule has 2 unspecified atom stereocenters. The van der Waals surface area contributed by atoms with E-state index in [-0.39, 0.29) is 5.91 Å². The largest absolute Gasteiger partial charge is 0.397 e. The third kappa shape index (κ3) is 3.17. The minimum Gasteiger partial charge on any atom is -0.397 e. The second kappa shape index (κ2) is 5.93. The van der Waals surface area contributed by atoms with Gasteiger partial charge in [0, 0.05) is 25.8 Å². The van der Waals surface area contributed by atoms with Crippen molar-refractivity contribution in [2.24, 2.45) is 0 Å². The van der Waals surface area contributed by atoms with Crippen molar-refractivity contribution < 1.29 is 9.53 Å². The van der Waals surface area contributed by atoms with Gasteiger partial charge in [0.25, 0.3) is 5.91 Å². The first-order chi connectivity index (χ1) is 9.13. The van der Waals surface area contributed by atoms with E-state index < -0.39 is 0 Å². The fourth-order valence-electron chi connectivity index (χ4n) is 2.47. The summed E-state index contributed by atoms with van der Waals surface area (Å²) < 4.78 is 5.35. The zero-order valence-corrected chi connectivity index (χ0v) is 11.4. The van der Waals surface area contributed by atoms with E-state index in [4.69, 9.17) is 10.5 Å². The van der Waals surface area contributed by atoms with Crippen molar-refractivity contribution in [1.29, 1.82) is 0 Å². The first-order valence-electron chi connectivity index (χ1n) is 6.55. The van der Waals surface area contributed by atoms with Crippen LogP contribution in [0.2, 0.25) is 0 Å². The molecular weight excluding hydrogens is 242 g/mol. The van der Waals surface area contributed by atoms with Crippen LogP contribution in [0.3, 0.4) is 0 Å². The molecule has 0 aliphatic heterocycles. The number of amides is 1. The van der Waals surface area contributed by atoms with Gasteiger partial charge in [0.2, 0.25) is 0 Å². The number of nitrogen functional groups attached to an aromatic ring is 1. The molecule has 104 valence electrons. The summed E-state index contributed by atoms with van der Waals surface area (Å²) in [7, 11) is 3.36. The molecule has 0 heterocycles. The fourth-order valence-corrected chi connectivity index (χ4v) is 2.47. The number of carbonyl (C=O) groups is 1. The van der Waals surface area contributed by atoms with Gasteiger partial charge >= 0.3 is 0 Å². The number of nitrogens with two attached hydrogens (primary N) is 1. The second-order valence-electron chi connectivity index (χ2n) is 4.89. The molecule has 0 aromatic heterocycles. The molecule has 1 aliphatic rings. The van der Waals surface area contributed by atoms with Gasteiger partial charge in [-0.1, -0.05) is 0 Å². The molecule has 1 saturated carbocycles. The lowest BCUT2D eigenvalue weighted by Crippen LogP contribution is -2.20. The lowest BCUT2D eigenvalue weighted by atomic mass is 10.1. The summed E-state index contributed by atoms with van der Waals surface area (Å²) in [6.45, 7) is 0. The summed E-state index contributed by atoms with van der Waals surface area (Å²) in [6.07, 6.45) is 3.41. The van der Waals surface area contributed by atoms with Gasteiger partial charge in [0.15, 0.2) is 0 Å². The maximum atomic E-state index is 11.6. The van der Waals surface area contributed by atoms with Crippen LogP contribution in [0.25, 0.3) is 0 Å². The molecule has 4 N–H and O–H groups in total. The third-order valence-electron chi connectivity index (χ3n) is 3.62. The van der Waals surface area contributed by atoms with Crippen LogP contribution in [-0.2, 0) is 4.74 Å². The highest BCUT2D eigenvalue weighted by Crippen LogP contribution is 2.28. The maximum absolute atomic E-state index is 11.6. The zero-order chi connectivity index (χ0) is 13.8. The quantitative estimate of drug-likeness (QED) is 0.721. The minimum absolute atomic E-state index is 0.107. The van der Waals surface area contributed by atoms with Crippen LogP contribution in [0.5, 0.6) is 0 Å². The second-order valence-corrected chi connectivity index (χ2v) is 4.89. The van der Waals surface area contributed by atoms with Crippen LogP contribution in [-0.4, -0.2) is 32.2 Å². The van der Waals surface area contributed by atoms with Crippen molar-refractivity contribution in [2.45, 2.75) is 31.4 Å². The van der Waals surface area contributed by atoms with E-state index in [0.717, 1.165) is 24.9 Å². The normalized spacial score (nSPS) is 22.2. The van der Waals surface area contributed by atoms with Crippen molar-refractivity contribution in [3.63, 3.8) is 0 Å². The summed E-state index contributed by atoms with van der Waals surface area (Å²) >= 11 is 0. The third-order valence-corrected chi connectivity index (χ3v) is 3.62. The molecule has 19 heavy (non-hydrogen) atoms. The molecule has 1 aromatic rings. The van der Waals surface area contributed by atoms with Crippen LogP contribution in [0.15, 0.2) is 18.2 Å². The van der Waals surface area contributed by atoms with E-state index in [9.17, 15) is 4.79 Å². The van der Waals surface area contributed by atoms with E-state index in [2.05, 4.69) is 10.6 Å². The Bertz CT molecular complexity index is 462. The number of hydrogen-bond donors (Lipinski definition) is 3. The highest BCUT2D eigenvalue weighted by atomic mass is 16.5. The highest BCUT2D eigenvalue weighted by molar-refractivity contribution is 5.96. The summed E-state index contributed by atoms with van der Waals surface area (Å²) in [6, 6.07) is 5.64. The summed E-state index contributed by atoms with van der Waals surface area (Å²) in [4.78, 5) is 11.6. The number of hydrogen-bond acceptors (Lipinski definition) is 4. The number of anilines is 2. The lowest BCUT2D eigenvalue weighted by molar-refractivity contribution is 0.0963. The monoisotopic (exact) mass is 263 g/mol. The smallest absolute Gasteiger partial charge is 0.251 e. The van der Waals surface area contributed by atoms with Gasteiger partial charge in [-0.25, -0.2) is 0 Å². The lowest BCUT2D eigenvalue weighted by Gasteiger charge is -2.17. The number of carbonyl (C=O) groups excluding carboxylic acids is 1. The van der Waals surface area contributed by atoms with Gasteiger partial charge in [-0.2, -0.15) is 0 Å². The Morgan fingerprint density at radius 3 is 2.84 bits per heavy atom. The summed E-state index contributed by atoms with van der Waals surface area (Å²) in [5.41, 5.74) is 8.05. The topological polar surface area (TPSA) is 76.4 Å². The Morgan fingerprint density at radius 1 is 1.42 bits per heavy atom. The van der Waals surface area contributed by atoms with Crippen LogP contribution >= 0.6 is 0 Å². The number of rotatable bonds is 4. The molecule has 0 radical (unpaired) electrons. The van der Waals surface area contributed by atoms with Gasteiger partial charge < -0.3 is 21.1 Å². The van der Waals surface area contributed by atoms with Gasteiger partial charge in [0.05, 0.1) is 17.5 Å². The van der Waals surface area contributed by atoms with E-state index in [1.807, 2.05) is 0 Å². The Morgan fingerprint density at radius 2 is 2.21 bits per heavy atom. The highest BCUT2D eigenvalue weighted by Gasteiger charge is 2.24. The molecule has 0 bridgehead atoms. The number of benzene rings is 1. The predicted molar refractivity (Wildman–Crippen MR) is 76.3 cm³/mol. The van der Waals surface area contributed by atoms with Crippen molar-refractivity contribution in [3.8, 4) is 0 Å². The van der Waals surface area contributed by atoms with Crippen LogP contribution in [0, 0.1) is 0 Å². The van der Waals surface area contributed by atoms with Crippen LogP contribution in [0.1, 0.15) is 29.6 Å². The average molecular weight is 263 g/mol. The zero-order valence-electron chi connectivity index (χ0n) is 11.4. The molecule has 2 atom stereocenters. The van der Waals surface area contributed by atoms with Crippen LogP contribution < -0.4 is 16.4 Å². The Kier molecular flexibility index (Phi) is 4.27. The van der Waals surface area contributed by atoms with Gasteiger partial charge in [-0.15, -0.1) is 0 Å². The SMILES string of the molecule is CNC(=O)c1ccc(N)c(NC2CCC(OC)C2)c1. The summed E-state index contributed by atoms with van der Waals surface area (Å²) in [5.74, 6) is -0.107. The molecule has 1 fully saturated rings. The Hall–Kier alpha value is -1.75. The Balaban J connectivity index is 2.09. The van der Waals surface area contributed by atoms with Gasteiger partial charge in [0.1, 0.15) is 0 Å². The molecule has 5 heteroatoms. The van der Waals surface area contributed by atoms with E-state index in [1.54, 1.807) is 32.4 Å². The number of methoxy groups -OCH3 is 1. The molecule has 2 rings (SSSR count). The molecule has 5 nitrogen and oxygen atoms in total. The predicted octanol–water partition coefficient (Wildman–Crippen LogP) is 1.61. The maximum Gasteiger partial charge on any atom is 0.251 e. The van der Waals surface area contributed by atoms with Crippen molar-refractivity contribution >= 4 is 17.3 Å². The van der Waals surface area contributed by atoms with Crippen molar-refractivity contribution in [3.05, 3.63) is 23.8 Å². The number of nitrogens with one attached hydrogen (secondary N) is 2. The molecule has 1 aliphatic carbocycles. The molecule has 1 amide bonds. The van der Waals surface area contributed by atoms with E-state index in [0.29, 0.717) is 23.4 Å². The van der Waals surface area contributed by atoms with E-state index in [1.165, 1.54) is 0 Å². The van der Waals surface area contributed by atoms with Crippen molar-refractivity contribution in [2.75, 3.05) is 25.2 Å². The van der Waals surface area contributed by atoms with Crippen molar-refractivity contribution in [1.82, 2.24) is 5.32 Å². The van der Waals surface area contributed by atoms with E-state index >= 15 is 0 Å². The Labute approximate surface area is 113 Å². The molecule has 0 spiro atoms. The summed E-state index contributed by atoms with van der Waals surface area (Å²) in [5, 5.41) is 6.02. The van der Waals surface area contributed by atoms with Gasteiger partial charge in [-0.05, 0) is 37.5 Å². The first kappa shape index (κ1) is 13.7. The average Bonchev–Trinajstić information content (AvgIpc) is 2.88. The molecule has 1 aromatic carbocycles.